The van der Waals surface area contributed by atoms with Crippen LogP contribution in [0.3, 0.4) is 0 Å². The third-order valence-electron chi connectivity index (χ3n) is 3.53. The summed E-state index contributed by atoms with van der Waals surface area (Å²) >= 11 is 1.69. The van der Waals surface area contributed by atoms with Crippen molar-refractivity contribution >= 4 is 23.0 Å². The van der Waals surface area contributed by atoms with Crippen LogP contribution in [0.2, 0.25) is 6.32 Å². The first kappa shape index (κ1) is 10.2. The van der Waals surface area contributed by atoms with E-state index < -0.39 is 0 Å². The van der Waals surface area contributed by atoms with Gasteiger partial charge in [0, 0.05) is 11.0 Å². The number of rotatable bonds is 1. The van der Waals surface area contributed by atoms with Crippen LogP contribution >= 0.6 is 11.3 Å². The summed E-state index contributed by atoms with van der Waals surface area (Å²) < 4.78 is 7.33. The third kappa shape index (κ3) is 1.50. The Morgan fingerprint density at radius 2 is 2.14 bits per heavy atom. The molecule has 0 N–H and O–H groups in total. The minimum absolute atomic E-state index is 0.0400. The summed E-state index contributed by atoms with van der Waals surface area (Å²) in [6.07, 6.45) is 3.01. The summed E-state index contributed by atoms with van der Waals surface area (Å²) in [7, 11) is 0. The number of hydrogen-bond acceptors (Lipinski definition) is 3. The monoisotopic (exact) mass is 209 g/mol. The normalized spacial score (nSPS) is 24.1. The van der Waals surface area contributed by atoms with Crippen molar-refractivity contribution in [2.45, 2.75) is 39.6 Å². The van der Waals surface area contributed by atoms with E-state index >= 15 is 0 Å². The minimum atomic E-state index is -0.0400. The third-order valence-corrected chi connectivity index (χ3v) is 4.40. The predicted molar refractivity (Wildman–Crippen MR) is 61.3 cm³/mol. The molecule has 1 fully saturated rings. The molecule has 0 spiro atoms. The minimum Gasteiger partial charge on any atom is -0.425 e. The van der Waals surface area contributed by atoms with E-state index in [1.54, 1.807) is 11.3 Å². The largest absolute Gasteiger partial charge is 0.425 e. The molecule has 76 valence electrons. The fourth-order valence-electron chi connectivity index (χ4n) is 1.81. The quantitative estimate of drug-likeness (QED) is 0.661. The summed E-state index contributed by atoms with van der Waals surface area (Å²) in [6, 6.07) is 0. The van der Waals surface area contributed by atoms with Gasteiger partial charge in [0.15, 0.2) is 0 Å². The zero-order chi connectivity index (χ0) is 10.4. The molecule has 2 rings (SSSR count). The Hall–Kier alpha value is -0.345. The van der Waals surface area contributed by atoms with E-state index in [9.17, 15) is 0 Å². The van der Waals surface area contributed by atoms with E-state index in [4.69, 9.17) is 4.65 Å². The Morgan fingerprint density at radius 1 is 1.43 bits per heavy atom. The van der Waals surface area contributed by atoms with E-state index in [2.05, 4.69) is 32.7 Å². The Balaban J connectivity index is 2.22. The summed E-state index contributed by atoms with van der Waals surface area (Å²) in [5.41, 5.74) is 2.07. The number of aromatic nitrogens is 1. The first-order chi connectivity index (χ1) is 6.42. The van der Waals surface area contributed by atoms with Crippen LogP contribution in [-0.2, 0) is 4.65 Å². The molecule has 2 heterocycles. The Morgan fingerprint density at radius 3 is 2.57 bits per heavy atom. The van der Waals surface area contributed by atoms with Gasteiger partial charge in [0.05, 0.1) is 11.1 Å². The molecule has 0 atom stereocenters. The van der Waals surface area contributed by atoms with Gasteiger partial charge in [-0.1, -0.05) is 13.8 Å². The van der Waals surface area contributed by atoms with Crippen LogP contribution in [0.1, 0.15) is 27.7 Å². The SMILES string of the molecule is CC1(C)CB(c2cncs2)OC1(C)C. The molecule has 4 heteroatoms. The Bertz CT molecular complexity index is 305. The first-order valence-electron chi connectivity index (χ1n) is 4.99. The second-order valence-electron chi connectivity index (χ2n) is 5.11. The molecule has 0 radical (unpaired) electrons. The standard InChI is InChI=1S/C10H16BNOS/c1-9(2)6-11(13-10(9,3)4)8-5-12-7-14-8/h5,7H,6H2,1-4H3. The predicted octanol–water partition coefficient (Wildman–Crippen LogP) is 2.18. The molecule has 14 heavy (non-hydrogen) atoms. The van der Waals surface area contributed by atoms with Gasteiger partial charge in [-0.15, -0.1) is 11.3 Å². The molecule has 2 nitrogen and oxygen atoms in total. The zero-order valence-electron chi connectivity index (χ0n) is 9.20. The van der Waals surface area contributed by atoms with E-state index in [-0.39, 0.29) is 17.9 Å². The second-order valence-corrected chi connectivity index (χ2v) is 6.03. The molecule has 1 aliphatic rings. The van der Waals surface area contributed by atoms with Crippen molar-refractivity contribution in [3.05, 3.63) is 11.7 Å². The fourth-order valence-corrected chi connectivity index (χ4v) is 2.46. The second kappa shape index (κ2) is 3.07. The van der Waals surface area contributed by atoms with Gasteiger partial charge >= 0.3 is 6.92 Å². The summed E-state index contributed by atoms with van der Waals surface area (Å²) in [4.78, 5) is 4.10. The summed E-state index contributed by atoms with van der Waals surface area (Å²) in [5, 5.41) is 0. The topological polar surface area (TPSA) is 22.1 Å². The van der Waals surface area contributed by atoms with Crippen LogP contribution in [-0.4, -0.2) is 17.5 Å². The van der Waals surface area contributed by atoms with Gasteiger partial charge in [-0.25, -0.2) is 0 Å². The molecule has 0 amide bonds. The molecule has 0 bridgehead atoms. The van der Waals surface area contributed by atoms with Crippen LogP contribution in [0, 0.1) is 5.41 Å². The van der Waals surface area contributed by atoms with Crippen LogP contribution in [0.5, 0.6) is 0 Å². The highest BCUT2D eigenvalue weighted by molar-refractivity contribution is 7.21. The highest BCUT2D eigenvalue weighted by atomic mass is 32.1. The average molecular weight is 209 g/mol. The van der Waals surface area contributed by atoms with Crippen LogP contribution < -0.4 is 4.78 Å². The maximum absolute atomic E-state index is 6.08. The smallest absolute Gasteiger partial charge is 0.339 e. The van der Waals surface area contributed by atoms with Gasteiger partial charge in [0.25, 0.3) is 0 Å². The number of nitrogens with zero attached hydrogens (tertiary/aromatic N) is 1. The molecule has 0 aliphatic carbocycles. The lowest BCUT2D eigenvalue weighted by Gasteiger charge is -2.34. The molecule has 1 aromatic heterocycles. The van der Waals surface area contributed by atoms with E-state index in [0.29, 0.717) is 0 Å². The molecule has 0 saturated carbocycles. The van der Waals surface area contributed by atoms with Gasteiger partial charge < -0.3 is 4.65 Å². The average Bonchev–Trinajstić information content (AvgIpc) is 2.58. The maximum atomic E-state index is 6.08. The lowest BCUT2D eigenvalue weighted by Crippen LogP contribution is -2.35. The molecule has 1 aliphatic heterocycles. The highest BCUT2D eigenvalue weighted by Gasteiger charge is 2.50. The molecule has 1 saturated heterocycles. The van der Waals surface area contributed by atoms with E-state index in [1.165, 1.54) is 4.78 Å². The maximum Gasteiger partial charge on any atom is 0.339 e. The van der Waals surface area contributed by atoms with Gasteiger partial charge in [0.1, 0.15) is 0 Å². The van der Waals surface area contributed by atoms with E-state index in [1.807, 2.05) is 11.7 Å². The highest BCUT2D eigenvalue weighted by Crippen LogP contribution is 2.45. The van der Waals surface area contributed by atoms with Crippen molar-refractivity contribution in [2.24, 2.45) is 5.41 Å². The van der Waals surface area contributed by atoms with Crippen molar-refractivity contribution in [1.82, 2.24) is 4.98 Å². The first-order valence-corrected chi connectivity index (χ1v) is 5.86. The zero-order valence-corrected chi connectivity index (χ0v) is 10.0. The summed E-state index contributed by atoms with van der Waals surface area (Å²) in [6.45, 7) is 9.14. The molecule has 0 aromatic carbocycles. The van der Waals surface area contributed by atoms with Gasteiger partial charge in [-0.2, -0.15) is 0 Å². The van der Waals surface area contributed by atoms with Gasteiger partial charge in [0.2, 0.25) is 0 Å². The Labute approximate surface area is 89.8 Å². The fraction of sp³-hybridized carbons (Fsp3) is 0.700. The van der Waals surface area contributed by atoms with Crippen molar-refractivity contribution in [2.75, 3.05) is 0 Å². The van der Waals surface area contributed by atoms with Crippen molar-refractivity contribution < 1.29 is 4.65 Å². The van der Waals surface area contributed by atoms with Crippen LogP contribution in [0.25, 0.3) is 0 Å². The molecule has 1 aromatic rings. The summed E-state index contributed by atoms with van der Waals surface area (Å²) in [5.74, 6) is 0. The van der Waals surface area contributed by atoms with Gasteiger partial charge in [-0.05, 0) is 25.6 Å². The van der Waals surface area contributed by atoms with E-state index in [0.717, 1.165) is 6.32 Å². The lowest BCUT2D eigenvalue weighted by atomic mass is 9.58. The molecule has 0 unspecified atom stereocenters. The molecular weight excluding hydrogens is 193 g/mol. The molecular formula is C10H16BNOS. The van der Waals surface area contributed by atoms with Crippen molar-refractivity contribution in [3.8, 4) is 0 Å². The van der Waals surface area contributed by atoms with Crippen LogP contribution in [0.15, 0.2) is 11.7 Å². The van der Waals surface area contributed by atoms with Gasteiger partial charge in [-0.3, -0.25) is 4.98 Å². The van der Waals surface area contributed by atoms with Crippen molar-refractivity contribution in [3.63, 3.8) is 0 Å². The number of hydrogen-bond donors (Lipinski definition) is 0. The van der Waals surface area contributed by atoms with Crippen LogP contribution in [0.4, 0.5) is 0 Å². The Kier molecular flexibility index (Phi) is 2.23. The van der Waals surface area contributed by atoms with Crippen molar-refractivity contribution in [1.29, 1.82) is 0 Å². The number of thiazole rings is 1. The lowest BCUT2D eigenvalue weighted by molar-refractivity contribution is 0.0376.